The Morgan fingerprint density at radius 3 is 2.50 bits per heavy atom. The van der Waals surface area contributed by atoms with Gasteiger partial charge in [-0.25, -0.2) is 0 Å². The third-order valence-corrected chi connectivity index (χ3v) is 2.03. The van der Waals surface area contributed by atoms with Gasteiger partial charge in [0.25, 0.3) is 0 Å². The van der Waals surface area contributed by atoms with Crippen LogP contribution in [-0.2, 0) is 0 Å². The molecule has 0 spiro atoms. The molecule has 0 radical (unpaired) electrons. The van der Waals surface area contributed by atoms with Gasteiger partial charge in [0.15, 0.2) is 0 Å². The summed E-state index contributed by atoms with van der Waals surface area (Å²) in [6.07, 6.45) is 13.0. The highest BCUT2D eigenvalue weighted by Crippen LogP contribution is 2.09. The Morgan fingerprint density at radius 1 is 1.25 bits per heavy atom. The van der Waals surface area contributed by atoms with Crippen molar-refractivity contribution in [3.8, 4) is 0 Å². The van der Waals surface area contributed by atoms with Crippen LogP contribution in [0.25, 0.3) is 0 Å². The summed E-state index contributed by atoms with van der Waals surface area (Å²) >= 11 is 0. The van der Waals surface area contributed by atoms with Crippen molar-refractivity contribution < 1.29 is 0 Å². The lowest BCUT2D eigenvalue weighted by molar-refractivity contribution is 0.687. The zero-order valence-corrected chi connectivity index (χ0v) is 8.55. The van der Waals surface area contributed by atoms with E-state index in [-0.39, 0.29) is 0 Å². The van der Waals surface area contributed by atoms with E-state index in [9.17, 15) is 0 Å². The highest BCUT2D eigenvalue weighted by molar-refractivity contribution is 4.96. The Balaban J connectivity index is 3.53. The SMILES string of the molecule is C=CC(C=CCCCC)CCC. The van der Waals surface area contributed by atoms with Crippen molar-refractivity contribution in [1.29, 1.82) is 0 Å². The van der Waals surface area contributed by atoms with Gasteiger partial charge in [-0.3, -0.25) is 0 Å². The van der Waals surface area contributed by atoms with Crippen molar-refractivity contribution in [1.82, 2.24) is 0 Å². The van der Waals surface area contributed by atoms with Crippen LogP contribution in [0, 0.1) is 5.92 Å². The van der Waals surface area contributed by atoms with E-state index in [0.29, 0.717) is 5.92 Å². The number of hydrogen-bond donors (Lipinski definition) is 0. The normalized spacial score (nSPS) is 13.5. The first kappa shape index (κ1) is 11.5. The fourth-order valence-corrected chi connectivity index (χ4v) is 1.22. The van der Waals surface area contributed by atoms with Crippen LogP contribution in [-0.4, -0.2) is 0 Å². The maximum Gasteiger partial charge on any atom is -0.00563 e. The van der Waals surface area contributed by atoms with Crippen LogP contribution >= 0.6 is 0 Å². The Labute approximate surface area is 77.4 Å². The molecule has 0 aromatic rings. The van der Waals surface area contributed by atoms with Crippen LogP contribution in [0.15, 0.2) is 24.8 Å². The molecule has 0 N–H and O–H groups in total. The molecule has 0 aromatic heterocycles. The van der Waals surface area contributed by atoms with Gasteiger partial charge in [0.1, 0.15) is 0 Å². The van der Waals surface area contributed by atoms with Gasteiger partial charge >= 0.3 is 0 Å². The summed E-state index contributed by atoms with van der Waals surface area (Å²) < 4.78 is 0. The van der Waals surface area contributed by atoms with Crippen LogP contribution in [0.5, 0.6) is 0 Å². The van der Waals surface area contributed by atoms with Crippen molar-refractivity contribution in [2.45, 2.75) is 46.0 Å². The quantitative estimate of drug-likeness (QED) is 0.390. The van der Waals surface area contributed by atoms with Gasteiger partial charge in [-0.05, 0) is 18.8 Å². The zero-order chi connectivity index (χ0) is 9.23. The molecule has 0 aliphatic carbocycles. The lowest BCUT2D eigenvalue weighted by Crippen LogP contribution is -1.89. The van der Waals surface area contributed by atoms with Crippen molar-refractivity contribution in [2.24, 2.45) is 5.92 Å². The summed E-state index contributed by atoms with van der Waals surface area (Å²) in [5.41, 5.74) is 0. The van der Waals surface area contributed by atoms with E-state index in [4.69, 9.17) is 0 Å². The van der Waals surface area contributed by atoms with Gasteiger partial charge in [0.2, 0.25) is 0 Å². The summed E-state index contributed by atoms with van der Waals surface area (Å²) in [7, 11) is 0. The minimum absolute atomic E-state index is 0.604. The molecule has 0 aliphatic rings. The second kappa shape index (κ2) is 8.58. The first-order valence-electron chi connectivity index (χ1n) is 5.14. The molecule has 0 saturated heterocycles. The Hall–Kier alpha value is -0.520. The number of hydrogen-bond acceptors (Lipinski definition) is 0. The molecule has 0 fully saturated rings. The fourth-order valence-electron chi connectivity index (χ4n) is 1.22. The third kappa shape index (κ3) is 6.21. The maximum atomic E-state index is 3.83. The topological polar surface area (TPSA) is 0 Å². The molecule has 1 unspecified atom stereocenters. The van der Waals surface area contributed by atoms with Crippen molar-refractivity contribution in [3.05, 3.63) is 24.8 Å². The lowest BCUT2D eigenvalue weighted by Gasteiger charge is -2.03. The maximum absolute atomic E-state index is 3.83. The second-order valence-corrected chi connectivity index (χ2v) is 3.26. The molecule has 0 aromatic carbocycles. The van der Waals surface area contributed by atoms with E-state index < -0.39 is 0 Å². The summed E-state index contributed by atoms with van der Waals surface area (Å²) in [6.45, 7) is 8.27. The second-order valence-electron chi connectivity index (χ2n) is 3.26. The van der Waals surface area contributed by atoms with Crippen LogP contribution < -0.4 is 0 Å². The average molecular weight is 166 g/mol. The molecule has 1 atom stereocenters. The van der Waals surface area contributed by atoms with Gasteiger partial charge < -0.3 is 0 Å². The summed E-state index contributed by atoms with van der Waals surface area (Å²) in [6, 6.07) is 0. The average Bonchev–Trinajstić information content (AvgIpc) is 2.10. The van der Waals surface area contributed by atoms with E-state index >= 15 is 0 Å². The van der Waals surface area contributed by atoms with Gasteiger partial charge in [-0.1, -0.05) is 51.3 Å². The van der Waals surface area contributed by atoms with Crippen LogP contribution in [0.4, 0.5) is 0 Å². The largest absolute Gasteiger partial charge is 0.102 e. The van der Waals surface area contributed by atoms with Crippen molar-refractivity contribution in [2.75, 3.05) is 0 Å². The van der Waals surface area contributed by atoms with Gasteiger partial charge in [-0.2, -0.15) is 0 Å². The van der Waals surface area contributed by atoms with E-state index in [1.165, 1.54) is 32.1 Å². The smallest absolute Gasteiger partial charge is 0.00563 e. The van der Waals surface area contributed by atoms with E-state index in [2.05, 4.69) is 32.6 Å². The Bertz CT molecular complexity index is 122. The molecule has 12 heavy (non-hydrogen) atoms. The van der Waals surface area contributed by atoms with Crippen LogP contribution in [0.2, 0.25) is 0 Å². The summed E-state index contributed by atoms with van der Waals surface area (Å²) in [4.78, 5) is 0. The zero-order valence-electron chi connectivity index (χ0n) is 8.55. The van der Waals surface area contributed by atoms with Crippen LogP contribution in [0.1, 0.15) is 46.0 Å². The van der Waals surface area contributed by atoms with Gasteiger partial charge in [0.05, 0.1) is 0 Å². The molecule has 0 heteroatoms. The van der Waals surface area contributed by atoms with Crippen molar-refractivity contribution >= 4 is 0 Å². The molecule has 0 amide bonds. The highest BCUT2D eigenvalue weighted by atomic mass is 14.0. The van der Waals surface area contributed by atoms with E-state index in [0.717, 1.165) is 0 Å². The summed E-state index contributed by atoms with van der Waals surface area (Å²) in [5, 5.41) is 0. The molecule has 0 saturated carbocycles. The number of rotatable bonds is 7. The summed E-state index contributed by atoms with van der Waals surface area (Å²) in [5.74, 6) is 0.604. The fraction of sp³-hybridized carbons (Fsp3) is 0.667. The molecule has 0 bridgehead atoms. The van der Waals surface area contributed by atoms with E-state index in [1.54, 1.807) is 0 Å². The standard InChI is InChI=1S/C12H22/c1-4-7-8-9-11-12(6-3)10-5-2/h6,9,11-12H,3-5,7-8,10H2,1-2H3. The van der Waals surface area contributed by atoms with Crippen molar-refractivity contribution in [3.63, 3.8) is 0 Å². The predicted octanol–water partition coefficient (Wildman–Crippen LogP) is 4.34. The molecule has 0 nitrogen and oxygen atoms in total. The predicted molar refractivity (Wildman–Crippen MR) is 57.3 cm³/mol. The van der Waals surface area contributed by atoms with E-state index in [1.807, 2.05) is 6.08 Å². The Kier molecular flexibility index (Phi) is 8.20. The minimum Gasteiger partial charge on any atom is -0.102 e. The Morgan fingerprint density at radius 2 is 2.00 bits per heavy atom. The lowest BCUT2D eigenvalue weighted by atomic mass is 10.0. The van der Waals surface area contributed by atoms with Crippen LogP contribution in [0.3, 0.4) is 0 Å². The van der Waals surface area contributed by atoms with Gasteiger partial charge in [-0.15, -0.1) is 6.58 Å². The molecular weight excluding hydrogens is 144 g/mol. The first-order valence-corrected chi connectivity index (χ1v) is 5.14. The highest BCUT2D eigenvalue weighted by Gasteiger charge is 1.95. The minimum atomic E-state index is 0.604. The molecule has 70 valence electrons. The number of allylic oxidation sites excluding steroid dienone is 3. The number of unbranched alkanes of at least 4 members (excludes halogenated alkanes) is 2. The molecule has 0 aliphatic heterocycles. The van der Waals surface area contributed by atoms with Gasteiger partial charge in [0, 0.05) is 0 Å². The third-order valence-electron chi connectivity index (χ3n) is 2.03. The molecule has 0 heterocycles. The molecule has 0 rings (SSSR count). The monoisotopic (exact) mass is 166 g/mol. The first-order chi connectivity index (χ1) is 5.85. The molecular formula is C12H22.